The molecule has 0 unspecified atom stereocenters. The van der Waals surface area contributed by atoms with E-state index in [1.165, 1.54) is 11.3 Å². The normalized spacial score (nSPS) is 13.8. The maximum atomic E-state index is 12.2. The van der Waals surface area contributed by atoms with Crippen molar-refractivity contribution in [3.05, 3.63) is 10.9 Å². The highest BCUT2D eigenvalue weighted by Crippen LogP contribution is 2.41. The van der Waals surface area contributed by atoms with Gasteiger partial charge in [-0.3, -0.25) is 15.0 Å². The summed E-state index contributed by atoms with van der Waals surface area (Å²) in [5.41, 5.74) is 6.22. The number of thioether (sulfide) groups is 1. The van der Waals surface area contributed by atoms with Crippen molar-refractivity contribution in [3.63, 3.8) is 0 Å². The van der Waals surface area contributed by atoms with Crippen LogP contribution in [0.1, 0.15) is 18.2 Å². The Kier molecular flexibility index (Phi) is 4.66. The minimum Gasteiger partial charge on any atom is -0.466 e. The Bertz CT molecular complexity index is 556. The smallest absolute Gasteiger partial charge is 0.315 e. The van der Waals surface area contributed by atoms with Crippen molar-refractivity contribution < 1.29 is 14.3 Å². The maximum Gasteiger partial charge on any atom is 0.315 e. The second kappa shape index (κ2) is 6.27. The van der Waals surface area contributed by atoms with E-state index in [2.05, 4.69) is 0 Å². The summed E-state index contributed by atoms with van der Waals surface area (Å²) >= 11 is 3.03. The fourth-order valence-corrected chi connectivity index (χ4v) is 4.11. The van der Waals surface area contributed by atoms with Crippen LogP contribution >= 0.6 is 23.1 Å². The van der Waals surface area contributed by atoms with Crippen molar-refractivity contribution in [3.8, 4) is 0 Å². The number of amidine groups is 1. The third kappa shape index (κ3) is 3.13. The number of carbonyl (C=O) groups is 2. The fourth-order valence-electron chi connectivity index (χ4n) is 1.83. The van der Waals surface area contributed by atoms with E-state index in [0.717, 1.165) is 15.6 Å². The van der Waals surface area contributed by atoms with Crippen LogP contribution in [0.2, 0.25) is 0 Å². The predicted molar refractivity (Wildman–Crippen MR) is 79.7 cm³/mol. The Labute approximate surface area is 124 Å². The van der Waals surface area contributed by atoms with E-state index in [0.29, 0.717) is 11.4 Å². The molecule has 3 N–H and O–H groups in total. The molecule has 0 fully saturated rings. The summed E-state index contributed by atoms with van der Waals surface area (Å²) in [6.45, 7) is 2.51. The van der Waals surface area contributed by atoms with Crippen molar-refractivity contribution in [1.29, 1.82) is 5.41 Å². The zero-order chi connectivity index (χ0) is 14.7. The molecule has 0 aliphatic carbocycles. The van der Waals surface area contributed by atoms with Crippen molar-refractivity contribution in [2.75, 3.05) is 23.8 Å². The quantitative estimate of drug-likeness (QED) is 0.379. The maximum absolute atomic E-state index is 12.2. The molecule has 0 saturated carbocycles. The molecule has 0 radical (unpaired) electrons. The van der Waals surface area contributed by atoms with Crippen LogP contribution in [-0.4, -0.2) is 36.6 Å². The van der Waals surface area contributed by atoms with Gasteiger partial charge in [-0.1, -0.05) is 0 Å². The molecule has 1 aliphatic heterocycles. The number of ether oxygens (including phenoxy) is 1. The molecular weight excluding hydrogens is 298 g/mol. The number of nitrogens with two attached hydrogens (primary N) is 1. The Morgan fingerprint density at radius 3 is 2.95 bits per heavy atom. The second-order valence-corrected chi connectivity index (χ2v) is 6.49. The minimum atomic E-state index is -0.515. The Morgan fingerprint density at radius 2 is 2.30 bits per heavy atom. The third-order valence-electron chi connectivity index (χ3n) is 2.69. The van der Waals surface area contributed by atoms with E-state index >= 15 is 0 Å². The Hall–Kier alpha value is -1.54. The first-order valence-corrected chi connectivity index (χ1v) is 7.90. The lowest BCUT2D eigenvalue weighted by Gasteiger charge is -2.26. The molecule has 6 nitrogen and oxygen atoms in total. The molecule has 20 heavy (non-hydrogen) atoms. The van der Waals surface area contributed by atoms with Crippen molar-refractivity contribution in [2.45, 2.75) is 17.6 Å². The minimum absolute atomic E-state index is 0.0113. The van der Waals surface area contributed by atoms with Gasteiger partial charge in [0, 0.05) is 12.3 Å². The average molecular weight is 313 g/mol. The summed E-state index contributed by atoms with van der Waals surface area (Å²) in [7, 11) is 0. The summed E-state index contributed by atoms with van der Waals surface area (Å²) in [5, 5.41) is 7.46. The SMILES string of the molecule is CCOC(=O)CC(=O)N1CCSc2sc(C(=N)N)cc21. The topological polar surface area (TPSA) is 96.5 Å². The van der Waals surface area contributed by atoms with Crippen LogP contribution in [0, 0.1) is 5.41 Å². The van der Waals surface area contributed by atoms with E-state index in [1.54, 1.807) is 29.7 Å². The molecule has 0 aromatic carbocycles. The highest BCUT2D eigenvalue weighted by molar-refractivity contribution is 8.01. The monoisotopic (exact) mass is 313 g/mol. The summed E-state index contributed by atoms with van der Waals surface area (Å²) in [4.78, 5) is 25.8. The molecule has 2 heterocycles. The highest BCUT2D eigenvalue weighted by Gasteiger charge is 2.27. The van der Waals surface area contributed by atoms with Gasteiger partial charge in [-0.25, -0.2) is 0 Å². The number of anilines is 1. The van der Waals surface area contributed by atoms with Gasteiger partial charge in [-0.2, -0.15) is 0 Å². The molecular formula is C12H15N3O3S2. The van der Waals surface area contributed by atoms with Crippen LogP contribution in [0.5, 0.6) is 0 Å². The largest absolute Gasteiger partial charge is 0.466 e. The molecule has 108 valence electrons. The zero-order valence-electron chi connectivity index (χ0n) is 11.0. The number of nitrogen functional groups attached to an aromatic ring is 1. The van der Waals surface area contributed by atoms with Gasteiger partial charge in [0.2, 0.25) is 5.91 Å². The molecule has 0 saturated heterocycles. The standard InChI is InChI=1S/C12H15N3O3S2/c1-2-18-10(17)6-9(16)15-3-4-19-12-7(15)5-8(20-12)11(13)14/h5H,2-4,6H2,1H3,(H3,13,14). The number of rotatable bonds is 4. The van der Waals surface area contributed by atoms with Gasteiger partial charge in [0.1, 0.15) is 12.3 Å². The van der Waals surface area contributed by atoms with E-state index in [-0.39, 0.29) is 24.8 Å². The lowest BCUT2D eigenvalue weighted by molar-refractivity contribution is -0.145. The van der Waals surface area contributed by atoms with E-state index in [1.807, 2.05) is 0 Å². The second-order valence-electron chi connectivity index (χ2n) is 4.07. The number of amides is 1. The number of nitrogens with one attached hydrogen (secondary N) is 1. The molecule has 0 bridgehead atoms. The molecule has 1 aromatic heterocycles. The summed E-state index contributed by atoms with van der Waals surface area (Å²) in [6.07, 6.45) is -0.261. The van der Waals surface area contributed by atoms with E-state index < -0.39 is 5.97 Å². The third-order valence-corrected chi connectivity index (χ3v) is 5.10. The number of nitrogens with zero attached hydrogens (tertiary/aromatic N) is 1. The predicted octanol–water partition coefficient (Wildman–Crippen LogP) is 1.42. The van der Waals surface area contributed by atoms with Gasteiger partial charge in [0.25, 0.3) is 0 Å². The van der Waals surface area contributed by atoms with Gasteiger partial charge in [0.05, 0.1) is 21.4 Å². The lowest BCUT2D eigenvalue weighted by Crippen LogP contribution is -2.36. The molecule has 0 spiro atoms. The van der Waals surface area contributed by atoms with E-state index in [9.17, 15) is 9.59 Å². The first-order chi connectivity index (χ1) is 9.52. The average Bonchev–Trinajstić information content (AvgIpc) is 2.82. The number of carbonyl (C=O) groups excluding carboxylic acids is 2. The zero-order valence-corrected chi connectivity index (χ0v) is 12.6. The van der Waals surface area contributed by atoms with Gasteiger partial charge in [-0.05, 0) is 13.0 Å². The summed E-state index contributed by atoms with van der Waals surface area (Å²) < 4.78 is 5.75. The van der Waals surface area contributed by atoms with Crippen LogP contribution in [-0.2, 0) is 14.3 Å². The molecule has 8 heteroatoms. The van der Waals surface area contributed by atoms with Gasteiger partial charge >= 0.3 is 5.97 Å². The van der Waals surface area contributed by atoms with Gasteiger partial charge in [-0.15, -0.1) is 23.1 Å². The van der Waals surface area contributed by atoms with Gasteiger partial charge < -0.3 is 15.4 Å². The van der Waals surface area contributed by atoms with Crippen LogP contribution in [0.15, 0.2) is 10.3 Å². The highest BCUT2D eigenvalue weighted by atomic mass is 32.2. The Morgan fingerprint density at radius 1 is 1.55 bits per heavy atom. The number of hydrogen-bond donors (Lipinski definition) is 2. The number of hydrogen-bond acceptors (Lipinski definition) is 6. The number of fused-ring (bicyclic) bond motifs is 1. The molecule has 0 atom stereocenters. The van der Waals surface area contributed by atoms with Crippen LogP contribution in [0.3, 0.4) is 0 Å². The molecule has 2 rings (SSSR count). The first-order valence-electron chi connectivity index (χ1n) is 6.10. The summed E-state index contributed by atoms with van der Waals surface area (Å²) in [6, 6.07) is 1.73. The molecule has 1 aliphatic rings. The van der Waals surface area contributed by atoms with Crippen molar-refractivity contribution in [1.82, 2.24) is 0 Å². The molecule has 1 amide bonds. The van der Waals surface area contributed by atoms with Crippen LogP contribution < -0.4 is 10.6 Å². The number of thiophene rings is 1. The summed E-state index contributed by atoms with van der Waals surface area (Å²) in [5.74, 6) is -0.0422. The van der Waals surface area contributed by atoms with Crippen molar-refractivity contribution >= 4 is 46.5 Å². The lowest BCUT2D eigenvalue weighted by atomic mass is 10.3. The van der Waals surface area contributed by atoms with Crippen LogP contribution in [0.4, 0.5) is 5.69 Å². The number of esters is 1. The fraction of sp³-hybridized carbons (Fsp3) is 0.417. The Balaban J connectivity index is 2.17. The first kappa shape index (κ1) is 14.9. The molecule has 1 aromatic rings. The van der Waals surface area contributed by atoms with Crippen molar-refractivity contribution in [2.24, 2.45) is 5.73 Å². The van der Waals surface area contributed by atoms with E-state index in [4.69, 9.17) is 15.9 Å². The van der Waals surface area contributed by atoms with Gasteiger partial charge in [0.15, 0.2) is 0 Å². The van der Waals surface area contributed by atoms with Crippen LogP contribution in [0.25, 0.3) is 0 Å².